The van der Waals surface area contributed by atoms with Gasteiger partial charge < -0.3 is 5.73 Å². The Kier molecular flexibility index (Phi) is 23.0. The molecule has 4 aromatic heterocycles. The number of halogens is 13. The van der Waals surface area contributed by atoms with Crippen LogP contribution < -0.4 is 5.73 Å². The van der Waals surface area contributed by atoms with Crippen LogP contribution >= 0.6 is 36.0 Å². The maximum Gasteiger partial charge on any atom is 0.416 e. The zero-order chi connectivity index (χ0) is 60.4. The van der Waals surface area contributed by atoms with Crippen molar-refractivity contribution in [1.29, 1.82) is 15.8 Å². The number of alkyl halides is 12. The fraction of sp³-hybridized carbons (Fsp3) is 0.0962. The van der Waals surface area contributed by atoms with Gasteiger partial charge in [-0.15, -0.1) is 12.6 Å². The van der Waals surface area contributed by atoms with E-state index in [9.17, 15) is 69.5 Å². The number of nitrogens with zero attached hydrogens (tertiary/aromatic N) is 7. The first-order valence-electron chi connectivity index (χ1n) is 21.8. The van der Waals surface area contributed by atoms with Gasteiger partial charge in [-0.05, 0) is 121 Å². The summed E-state index contributed by atoms with van der Waals surface area (Å²) in [6.07, 6.45) is -12.5. The van der Waals surface area contributed by atoms with E-state index in [0.29, 0.717) is 43.2 Å². The monoisotopic (exact) mass is 1220 g/mol. The third-order valence-corrected chi connectivity index (χ3v) is 14.7. The number of nitrogens with two attached hydrogens (primary N) is 1. The van der Waals surface area contributed by atoms with E-state index < -0.39 is 76.4 Å². The molecule has 0 amide bonds. The molecule has 0 aliphatic heterocycles. The summed E-state index contributed by atoms with van der Waals surface area (Å²) in [5.74, 6) is 0. The Hall–Kier alpha value is -8.04. The molecule has 0 bridgehead atoms. The Balaban J connectivity index is 0.000000225. The quantitative estimate of drug-likeness (QED) is 0.112. The predicted molar refractivity (Wildman–Crippen MR) is 272 cm³/mol. The van der Waals surface area contributed by atoms with Gasteiger partial charge in [-0.3, -0.25) is 4.98 Å². The molecule has 4 aromatic carbocycles. The van der Waals surface area contributed by atoms with Gasteiger partial charge in [0.2, 0.25) is 19.7 Å². The van der Waals surface area contributed by atoms with Gasteiger partial charge in [0, 0.05) is 51.0 Å². The van der Waals surface area contributed by atoms with Gasteiger partial charge >= 0.3 is 24.7 Å². The first-order chi connectivity index (χ1) is 37.8. The maximum atomic E-state index is 12.7. The SMILES string of the molecule is FC(F)(F)c1cccc(S)c1.N#Cc1cc(Cl)ccn1.N#Cc1cc(S(=O)(=O)c2cccc(C(F)(F)F)c2)ccn1.N#Cc1cc(Sc2cccc(C(F)(F)F)c2)ccn1.NCc1cc(S(=O)(=O)c2cccc(C(F)(F)F)c2)ccn1. The first-order valence-corrected chi connectivity index (χ1v) is 26.4. The second kappa shape index (κ2) is 28.4. The summed E-state index contributed by atoms with van der Waals surface area (Å²) in [5.41, 5.74) is 2.73. The van der Waals surface area contributed by atoms with Crippen molar-refractivity contribution in [2.75, 3.05) is 0 Å². The fourth-order valence-electron chi connectivity index (χ4n) is 5.88. The van der Waals surface area contributed by atoms with Crippen molar-refractivity contribution >= 4 is 55.7 Å². The van der Waals surface area contributed by atoms with Crippen LogP contribution in [0.5, 0.6) is 0 Å². The molecular formula is C52H33ClF12N8O4S4. The van der Waals surface area contributed by atoms with Crippen molar-refractivity contribution in [2.24, 2.45) is 5.73 Å². The second-order valence-corrected chi connectivity index (χ2v) is 21.4. The topological polar surface area (TPSA) is 217 Å². The Morgan fingerprint density at radius 1 is 0.457 bits per heavy atom. The van der Waals surface area contributed by atoms with Crippen molar-refractivity contribution in [3.63, 3.8) is 0 Å². The average Bonchev–Trinajstić information content (AvgIpc) is 3.44. The molecule has 0 radical (unpaired) electrons. The molecule has 0 unspecified atom stereocenters. The average molecular weight is 1230 g/mol. The van der Waals surface area contributed by atoms with Crippen LogP contribution in [0.15, 0.2) is 205 Å². The highest BCUT2D eigenvalue weighted by Gasteiger charge is 2.34. The minimum atomic E-state index is -4.64. The molecule has 0 spiro atoms. The van der Waals surface area contributed by atoms with E-state index in [1.165, 1.54) is 61.1 Å². The van der Waals surface area contributed by atoms with Crippen molar-refractivity contribution in [3.05, 3.63) is 220 Å². The summed E-state index contributed by atoms with van der Waals surface area (Å²) < 4.78 is 199. The molecule has 0 fully saturated rings. The van der Waals surface area contributed by atoms with Crippen LogP contribution in [-0.2, 0) is 50.9 Å². The summed E-state index contributed by atoms with van der Waals surface area (Å²) >= 11 is 10.5. The van der Waals surface area contributed by atoms with E-state index in [-0.39, 0.29) is 27.7 Å². The molecule has 81 heavy (non-hydrogen) atoms. The number of pyridine rings is 4. The number of nitriles is 3. The molecule has 4 heterocycles. The predicted octanol–water partition coefficient (Wildman–Crippen LogP) is 13.9. The van der Waals surface area contributed by atoms with E-state index in [1.807, 2.05) is 12.1 Å². The van der Waals surface area contributed by atoms with Crippen molar-refractivity contribution < 1.29 is 69.5 Å². The summed E-state index contributed by atoms with van der Waals surface area (Å²) in [4.78, 5) is 15.1. The van der Waals surface area contributed by atoms with Crippen LogP contribution in [0.25, 0.3) is 0 Å². The van der Waals surface area contributed by atoms with Crippen molar-refractivity contribution in [3.8, 4) is 18.2 Å². The van der Waals surface area contributed by atoms with Crippen LogP contribution in [0, 0.1) is 34.0 Å². The number of sulfone groups is 2. The zero-order valence-electron chi connectivity index (χ0n) is 40.3. The zero-order valence-corrected chi connectivity index (χ0v) is 44.4. The van der Waals surface area contributed by atoms with E-state index in [2.05, 4.69) is 32.6 Å². The first kappa shape index (κ1) is 65.5. The minimum absolute atomic E-state index is 0.0337. The van der Waals surface area contributed by atoms with Gasteiger partial charge in [-0.1, -0.05) is 47.6 Å². The van der Waals surface area contributed by atoms with E-state index in [1.54, 1.807) is 24.3 Å². The highest BCUT2D eigenvalue weighted by Crippen LogP contribution is 2.36. The molecule has 0 atom stereocenters. The molecule has 8 rings (SSSR count). The lowest BCUT2D eigenvalue weighted by atomic mass is 10.2. The molecule has 12 nitrogen and oxygen atoms in total. The number of benzene rings is 4. The summed E-state index contributed by atoms with van der Waals surface area (Å²) in [6.45, 7) is 0.0337. The molecule has 0 saturated carbocycles. The Labute approximate surface area is 468 Å². The Bertz CT molecular complexity index is 3830. The van der Waals surface area contributed by atoms with Gasteiger partial charge in [0.25, 0.3) is 0 Å². The molecule has 0 aliphatic carbocycles. The molecular weight excluding hydrogens is 1190 g/mol. The third-order valence-electron chi connectivity index (χ3n) is 9.66. The van der Waals surface area contributed by atoms with Gasteiger partial charge in [-0.25, -0.2) is 31.8 Å². The van der Waals surface area contributed by atoms with Crippen molar-refractivity contribution in [2.45, 2.75) is 65.5 Å². The largest absolute Gasteiger partial charge is 0.416 e. The molecule has 2 N–H and O–H groups in total. The Morgan fingerprint density at radius 2 is 0.827 bits per heavy atom. The second-order valence-electron chi connectivity index (χ2n) is 15.4. The summed E-state index contributed by atoms with van der Waals surface area (Å²) in [5, 5.41) is 26.2. The summed E-state index contributed by atoms with van der Waals surface area (Å²) in [7, 11) is -8.20. The molecule has 29 heteroatoms. The normalized spacial score (nSPS) is 11.4. The van der Waals surface area contributed by atoms with Crippen LogP contribution in [0.1, 0.15) is 45.0 Å². The van der Waals surface area contributed by atoms with E-state index in [4.69, 9.17) is 33.1 Å². The number of thiol groups is 1. The number of aromatic nitrogens is 4. The van der Waals surface area contributed by atoms with Gasteiger partial charge in [0.15, 0.2) is 0 Å². The number of hydrogen-bond acceptors (Lipinski definition) is 14. The molecule has 0 aliphatic rings. The minimum Gasteiger partial charge on any atom is -0.325 e. The highest BCUT2D eigenvalue weighted by atomic mass is 35.5. The van der Waals surface area contributed by atoms with Gasteiger partial charge in [0.1, 0.15) is 35.3 Å². The summed E-state index contributed by atoms with van der Waals surface area (Å²) in [6, 6.07) is 33.2. The number of hydrogen-bond donors (Lipinski definition) is 2. The fourth-order valence-corrected chi connectivity index (χ4v) is 9.83. The highest BCUT2D eigenvalue weighted by molar-refractivity contribution is 7.99. The maximum absolute atomic E-state index is 12.7. The van der Waals surface area contributed by atoms with Crippen molar-refractivity contribution in [1.82, 2.24) is 19.9 Å². The van der Waals surface area contributed by atoms with E-state index in [0.717, 1.165) is 90.8 Å². The lowest BCUT2D eigenvalue weighted by Crippen LogP contribution is -2.09. The van der Waals surface area contributed by atoms with Crippen LogP contribution in [0.4, 0.5) is 52.7 Å². The molecule has 0 saturated heterocycles. The number of rotatable bonds is 7. The molecule has 420 valence electrons. The van der Waals surface area contributed by atoms with E-state index >= 15 is 0 Å². The van der Waals surface area contributed by atoms with Gasteiger partial charge in [0.05, 0.1) is 47.5 Å². The van der Waals surface area contributed by atoms with Gasteiger partial charge in [-0.2, -0.15) is 68.5 Å². The van der Waals surface area contributed by atoms with Crippen LogP contribution in [0.2, 0.25) is 5.02 Å². The third kappa shape index (κ3) is 20.2. The molecule has 8 aromatic rings. The Morgan fingerprint density at radius 3 is 1.26 bits per heavy atom. The lowest BCUT2D eigenvalue weighted by Gasteiger charge is -2.10. The van der Waals surface area contributed by atoms with Crippen LogP contribution in [-0.4, -0.2) is 36.8 Å². The van der Waals surface area contributed by atoms with Crippen LogP contribution in [0.3, 0.4) is 0 Å². The lowest BCUT2D eigenvalue weighted by molar-refractivity contribution is -0.138. The smallest absolute Gasteiger partial charge is 0.325 e. The standard InChI is InChI=1S/C13H11F3N2O2S.C13H7F3N2O2S.C13H7F3N2S.C7H5F3S.C6H3ClN2/c2*14-13(15,16)9-2-1-3-11(6-9)21(19,20)12-4-5-18-10(7-12)8-17;14-13(15,16)9-2-1-3-11(6-9)19-12-4-5-18-10(7-12)8-17;8-7(9,10)5-2-1-3-6(11)4-5;7-5-1-2-9-6(3-5)4-8/h1-7H,8,17H2;1-7H;1-7H;1-4,11H;1-3H.